The molecule has 0 aromatic carbocycles. The first-order valence-corrected chi connectivity index (χ1v) is 10.5. The Balaban J connectivity index is 2.52. The van der Waals surface area contributed by atoms with Crippen molar-refractivity contribution in [3.05, 3.63) is 22.6 Å². The Morgan fingerprint density at radius 3 is 2.69 bits per heavy atom. The minimum atomic E-state index is -0.773. The molecule has 1 aliphatic carbocycles. The molecule has 0 unspecified atom stereocenters. The quantitative estimate of drug-likeness (QED) is 0.240. The number of carboxylic acids is 1. The van der Waals surface area contributed by atoms with Crippen LogP contribution < -0.4 is 0 Å². The monoisotopic (exact) mass is 384 g/mol. The van der Waals surface area contributed by atoms with Crippen LogP contribution in [0.15, 0.2) is 22.6 Å². The van der Waals surface area contributed by atoms with Crippen molar-refractivity contribution in [2.75, 3.05) is 5.75 Å². The summed E-state index contributed by atoms with van der Waals surface area (Å²) in [6.07, 6.45) is 10.1. The first-order valence-electron chi connectivity index (χ1n) is 9.56. The third-order valence-electron chi connectivity index (χ3n) is 4.54. The second-order valence-electron chi connectivity index (χ2n) is 6.81. The van der Waals surface area contributed by atoms with Crippen LogP contribution in [0.5, 0.6) is 0 Å². The summed E-state index contributed by atoms with van der Waals surface area (Å²) in [5.41, 5.74) is 0.642. The van der Waals surface area contributed by atoms with Gasteiger partial charge in [0.25, 0.3) is 0 Å². The molecule has 0 aliphatic heterocycles. The van der Waals surface area contributed by atoms with E-state index in [1.54, 1.807) is 17.8 Å². The molecule has 148 valence electrons. The van der Waals surface area contributed by atoms with Crippen molar-refractivity contribution in [3.63, 3.8) is 0 Å². The fraction of sp³-hybridized carbons (Fsp3) is 0.700. The molecule has 0 aromatic heterocycles. The molecular weight excluding hydrogens is 352 g/mol. The molecule has 0 fully saturated rings. The number of hydrogen-bond acceptors (Lipinski definition) is 5. The summed E-state index contributed by atoms with van der Waals surface area (Å²) in [6.45, 7) is 2.12. The van der Waals surface area contributed by atoms with Gasteiger partial charge in [-0.2, -0.15) is 0 Å². The van der Waals surface area contributed by atoms with Crippen molar-refractivity contribution in [3.8, 4) is 0 Å². The average molecular weight is 385 g/mol. The van der Waals surface area contributed by atoms with Crippen molar-refractivity contribution < 1.29 is 24.9 Å². The van der Waals surface area contributed by atoms with Crippen molar-refractivity contribution >= 4 is 24.0 Å². The van der Waals surface area contributed by atoms with Crippen LogP contribution in [0.2, 0.25) is 0 Å². The van der Waals surface area contributed by atoms with Gasteiger partial charge in [-0.15, -0.1) is 11.8 Å². The number of aliphatic hydroxyl groups excluding tert-OH is 2. The highest BCUT2D eigenvalue weighted by molar-refractivity contribution is 8.03. The number of carbonyl (C=O) groups excluding carboxylic acids is 1. The van der Waals surface area contributed by atoms with Crippen LogP contribution in [0, 0.1) is 5.92 Å². The zero-order chi connectivity index (χ0) is 19.4. The zero-order valence-corrected chi connectivity index (χ0v) is 16.4. The van der Waals surface area contributed by atoms with E-state index in [0.29, 0.717) is 24.8 Å². The third kappa shape index (κ3) is 8.52. The summed E-state index contributed by atoms with van der Waals surface area (Å²) in [5.74, 6) is -0.215. The van der Waals surface area contributed by atoms with Crippen molar-refractivity contribution in [2.45, 2.75) is 76.9 Å². The van der Waals surface area contributed by atoms with Gasteiger partial charge in [-0.1, -0.05) is 44.8 Å². The largest absolute Gasteiger partial charge is 0.481 e. The molecule has 0 radical (unpaired) electrons. The number of aldehydes is 1. The van der Waals surface area contributed by atoms with E-state index in [0.717, 1.165) is 49.0 Å². The second kappa shape index (κ2) is 13.1. The maximum atomic E-state index is 11.3. The second-order valence-corrected chi connectivity index (χ2v) is 7.94. The first-order chi connectivity index (χ1) is 12.5. The van der Waals surface area contributed by atoms with E-state index in [-0.39, 0.29) is 12.3 Å². The van der Waals surface area contributed by atoms with Gasteiger partial charge >= 0.3 is 5.97 Å². The van der Waals surface area contributed by atoms with Gasteiger partial charge in [-0.25, -0.2) is 0 Å². The van der Waals surface area contributed by atoms with E-state index in [2.05, 4.69) is 6.92 Å². The molecule has 0 spiro atoms. The molecule has 5 nitrogen and oxygen atoms in total. The normalized spacial score (nSPS) is 21.5. The van der Waals surface area contributed by atoms with Crippen molar-refractivity contribution in [2.24, 2.45) is 5.92 Å². The Morgan fingerprint density at radius 2 is 2.04 bits per heavy atom. The van der Waals surface area contributed by atoms with E-state index in [9.17, 15) is 19.8 Å². The molecule has 0 heterocycles. The summed E-state index contributed by atoms with van der Waals surface area (Å²) < 4.78 is 0. The summed E-state index contributed by atoms with van der Waals surface area (Å²) in [4.78, 5) is 22.7. The van der Waals surface area contributed by atoms with Gasteiger partial charge in [0.15, 0.2) is 0 Å². The SMILES string of the molecule is CCCCC[C@H](O)C=C[C@@H]1C(SCCCCCC(=O)O)=C(C=O)C[C@H]1O. The number of carboxylic acid groups (broad SMARTS) is 1. The number of rotatable bonds is 14. The minimum Gasteiger partial charge on any atom is -0.481 e. The van der Waals surface area contributed by atoms with E-state index < -0.39 is 18.2 Å². The first kappa shape index (κ1) is 22.9. The molecule has 3 atom stereocenters. The smallest absolute Gasteiger partial charge is 0.303 e. The molecule has 0 amide bonds. The van der Waals surface area contributed by atoms with Gasteiger partial charge in [-0.3, -0.25) is 9.59 Å². The van der Waals surface area contributed by atoms with Crippen LogP contribution in [0.3, 0.4) is 0 Å². The Hall–Kier alpha value is -1.11. The summed E-state index contributed by atoms with van der Waals surface area (Å²) in [6, 6.07) is 0. The van der Waals surface area contributed by atoms with Gasteiger partial charge in [0.2, 0.25) is 0 Å². The molecule has 0 saturated heterocycles. The summed E-state index contributed by atoms with van der Waals surface area (Å²) in [5, 5.41) is 29.0. The standard InChI is InChI=1S/C20H32O5S/c1-2-3-5-8-16(22)10-11-17-18(23)13-15(14-21)20(17)26-12-7-4-6-9-19(24)25/h10-11,14,16-18,22-23H,2-9,12-13H2,1H3,(H,24,25)/t16-,17-,18+/m0/s1. The van der Waals surface area contributed by atoms with Crippen LogP contribution in [0.1, 0.15) is 64.7 Å². The number of unbranched alkanes of at least 4 members (excludes halogenated alkanes) is 4. The number of thioether (sulfide) groups is 1. The molecule has 0 bridgehead atoms. The molecule has 1 aliphatic rings. The molecule has 6 heteroatoms. The van der Waals surface area contributed by atoms with E-state index >= 15 is 0 Å². The lowest BCUT2D eigenvalue weighted by molar-refractivity contribution is -0.137. The number of carbonyl (C=O) groups is 2. The van der Waals surface area contributed by atoms with Crippen LogP contribution in [0.25, 0.3) is 0 Å². The molecule has 0 saturated carbocycles. The predicted octanol–water partition coefficient (Wildman–Crippen LogP) is 3.70. The zero-order valence-electron chi connectivity index (χ0n) is 15.6. The Kier molecular flexibility index (Phi) is 11.6. The van der Waals surface area contributed by atoms with Crippen LogP contribution >= 0.6 is 11.8 Å². The molecular formula is C20H32O5S. The Morgan fingerprint density at radius 1 is 1.27 bits per heavy atom. The fourth-order valence-electron chi connectivity index (χ4n) is 3.04. The molecule has 3 N–H and O–H groups in total. The number of aliphatic carboxylic acids is 1. The van der Waals surface area contributed by atoms with Gasteiger partial charge in [0, 0.05) is 29.2 Å². The van der Waals surface area contributed by atoms with Crippen LogP contribution in [0.4, 0.5) is 0 Å². The Labute approximate surface area is 160 Å². The Bertz CT molecular complexity index is 500. The minimum absolute atomic E-state index is 0.187. The molecule has 1 rings (SSSR count). The van der Waals surface area contributed by atoms with Gasteiger partial charge in [0.1, 0.15) is 6.29 Å². The van der Waals surface area contributed by atoms with Gasteiger partial charge in [-0.05, 0) is 25.0 Å². The van der Waals surface area contributed by atoms with E-state index in [1.165, 1.54) is 0 Å². The maximum absolute atomic E-state index is 11.3. The van der Waals surface area contributed by atoms with Crippen LogP contribution in [-0.4, -0.2) is 45.5 Å². The van der Waals surface area contributed by atoms with Crippen molar-refractivity contribution in [1.29, 1.82) is 0 Å². The maximum Gasteiger partial charge on any atom is 0.303 e. The molecule has 26 heavy (non-hydrogen) atoms. The lowest BCUT2D eigenvalue weighted by atomic mass is 10.0. The molecule has 0 aromatic rings. The number of aliphatic hydroxyl groups is 2. The van der Waals surface area contributed by atoms with Crippen molar-refractivity contribution in [1.82, 2.24) is 0 Å². The summed E-state index contributed by atoms with van der Waals surface area (Å²) >= 11 is 1.57. The topological polar surface area (TPSA) is 94.8 Å². The van der Waals surface area contributed by atoms with E-state index in [1.807, 2.05) is 6.08 Å². The van der Waals surface area contributed by atoms with Gasteiger partial charge < -0.3 is 15.3 Å². The summed E-state index contributed by atoms with van der Waals surface area (Å²) in [7, 11) is 0. The third-order valence-corrected chi connectivity index (χ3v) is 5.88. The van der Waals surface area contributed by atoms with Crippen LogP contribution in [-0.2, 0) is 9.59 Å². The average Bonchev–Trinajstić information content (AvgIpc) is 2.91. The number of hydrogen-bond donors (Lipinski definition) is 3. The highest BCUT2D eigenvalue weighted by Crippen LogP contribution is 2.40. The van der Waals surface area contributed by atoms with E-state index in [4.69, 9.17) is 5.11 Å². The fourth-order valence-corrected chi connectivity index (χ4v) is 4.35. The lowest BCUT2D eigenvalue weighted by Crippen LogP contribution is -2.14. The highest BCUT2D eigenvalue weighted by atomic mass is 32.2. The predicted molar refractivity (Wildman–Crippen MR) is 105 cm³/mol. The highest BCUT2D eigenvalue weighted by Gasteiger charge is 2.31. The lowest BCUT2D eigenvalue weighted by Gasteiger charge is -2.15. The van der Waals surface area contributed by atoms with Gasteiger partial charge in [0.05, 0.1) is 12.2 Å².